The summed E-state index contributed by atoms with van der Waals surface area (Å²) >= 11 is 0. The Morgan fingerprint density at radius 2 is 2.11 bits per heavy atom. The van der Waals surface area contributed by atoms with Crippen molar-refractivity contribution in [2.45, 2.75) is 38.1 Å². The molecule has 0 bridgehead atoms. The predicted octanol–water partition coefficient (Wildman–Crippen LogP) is 2.22. The van der Waals surface area contributed by atoms with Crippen molar-refractivity contribution in [2.75, 3.05) is 19.6 Å². The van der Waals surface area contributed by atoms with Gasteiger partial charge in [-0.2, -0.15) is 0 Å². The van der Waals surface area contributed by atoms with Crippen molar-refractivity contribution >= 4 is 5.91 Å². The summed E-state index contributed by atoms with van der Waals surface area (Å²) in [7, 11) is 0. The molecule has 2 aliphatic rings. The lowest BCUT2D eigenvalue weighted by atomic mass is 10.0. The Morgan fingerprint density at radius 3 is 2.95 bits per heavy atom. The number of benzene rings is 1. The van der Waals surface area contributed by atoms with Gasteiger partial charge in [-0.1, -0.05) is 24.6 Å². The first kappa shape index (κ1) is 12.7. The van der Waals surface area contributed by atoms with Gasteiger partial charge in [-0.05, 0) is 43.9 Å². The fraction of sp³-hybridized carbons (Fsp3) is 0.562. The van der Waals surface area contributed by atoms with E-state index in [9.17, 15) is 4.79 Å². The van der Waals surface area contributed by atoms with Crippen LogP contribution in [0, 0.1) is 0 Å². The van der Waals surface area contributed by atoms with E-state index in [2.05, 4.69) is 16.3 Å². The Kier molecular flexibility index (Phi) is 3.83. The van der Waals surface area contributed by atoms with Gasteiger partial charge in [-0.3, -0.25) is 4.79 Å². The van der Waals surface area contributed by atoms with E-state index in [1.165, 1.54) is 24.8 Å². The molecule has 1 atom stereocenters. The number of aryl methyl sites for hydroxylation is 1. The molecule has 1 amide bonds. The Hall–Kier alpha value is -1.35. The second kappa shape index (κ2) is 5.74. The number of hydrogen-bond donors (Lipinski definition) is 1. The van der Waals surface area contributed by atoms with Crippen LogP contribution in [0.15, 0.2) is 24.3 Å². The standard InChI is InChI=1S/C16H22N2O/c19-16-15-9-2-1-6-13(15)7-5-11-18(16)12-14-8-3-4-10-17-14/h1-2,6,9,14,17H,3-5,7-8,10-12H2. The van der Waals surface area contributed by atoms with Crippen molar-refractivity contribution in [1.82, 2.24) is 10.2 Å². The zero-order chi connectivity index (χ0) is 13.1. The van der Waals surface area contributed by atoms with Gasteiger partial charge in [0.05, 0.1) is 0 Å². The second-order valence-electron chi connectivity index (χ2n) is 5.66. The van der Waals surface area contributed by atoms with Gasteiger partial charge in [0.2, 0.25) is 0 Å². The number of carbonyl (C=O) groups is 1. The molecule has 1 aromatic rings. The fourth-order valence-electron chi connectivity index (χ4n) is 3.20. The van der Waals surface area contributed by atoms with Gasteiger partial charge in [0, 0.05) is 24.7 Å². The third-order valence-corrected chi connectivity index (χ3v) is 4.26. The number of piperidine rings is 1. The Labute approximate surface area is 115 Å². The van der Waals surface area contributed by atoms with Crippen LogP contribution in [0.25, 0.3) is 0 Å². The van der Waals surface area contributed by atoms with Crippen LogP contribution in [0.2, 0.25) is 0 Å². The number of carbonyl (C=O) groups excluding carboxylic acids is 1. The van der Waals surface area contributed by atoms with E-state index in [0.29, 0.717) is 6.04 Å². The van der Waals surface area contributed by atoms with E-state index in [-0.39, 0.29) is 5.91 Å². The SMILES string of the molecule is O=C1c2ccccc2CCCN1CC1CCCCN1. The van der Waals surface area contributed by atoms with E-state index in [0.717, 1.165) is 38.0 Å². The maximum absolute atomic E-state index is 12.6. The van der Waals surface area contributed by atoms with Crippen LogP contribution in [0.1, 0.15) is 41.6 Å². The molecule has 0 saturated carbocycles. The maximum Gasteiger partial charge on any atom is 0.254 e. The summed E-state index contributed by atoms with van der Waals surface area (Å²) in [5, 5.41) is 3.54. The first-order valence-corrected chi connectivity index (χ1v) is 7.45. The summed E-state index contributed by atoms with van der Waals surface area (Å²) < 4.78 is 0. The number of nitrogens with one attached hydrogen (secondary N) is 1. The smallest absolute Gasteiger partial charge is 0.254 e. The summed E-state index contributed by atoms with van der Waals surface area (Å²) in [6, 6.07) is 8.56. The number of nitrogens with zero attached hydrogens (tertiary/aromatic N) is 1. The molecule has 102 valence electrons. The number of amides is 1. The van der Waals surface area contributed by atoms with Crippen LogP contribution < -0.4 is 5.32 Å². The van der Waals surface area contributed by atoms with Crippen molar-refractivity contribution in [2.24, 2.45) is 0 Å². The van der Waals surface area contributed by atoms with Crippen LogP contribution in [-0.2, 0) is 6.42 Å². The highest BCUT2D eigenvalue weighted by molar-refractivity contribution is 5.96. The molecule has 1 fully saturated rings. The third kappa shape index (κ3) is 2.81. The Morgan fingerprint density at radius 1 is 1.21 bits per heavy atom. The van der Waals surface area contributed by atoms with Gasteiger partial charge in [-0.25, -0.2) is 0 Å². The van der Waals surface area contributed by atoms with E-state index in [1.54, 1.807) is 0 Å². The zero-order valence-corrected chi connectivity index (χ0v) is 11.4. The number of rotatable bonds is 2. The minimum Gasteiger partial charge on any atom is -0.337 e. The van der Waals surface area contributed by atoms with Crippen LogP contribution in [0.5, 0.6) is 0 Å². The summed E-state index contributed by atoms with van der Waals surface area (Å²) in [6.07, 6.45) is 5.86. The molecule has 2 heterocycles. The molecule has 0 spiro atoms. The minimum absolute atomic E-state index is 0.223. The highest BCUT2D eigenvalue weighted by Gasteiger charge is 2.24. The first-order chi connectivity index (χ1) is 9.34. The second-order valence-corrected chi connectivity index (χ2v) is 5.66. The molecular formula is C16H22N2O. The molecule has 1 unspecified atom stereocenters. The summed E-state index contributed by atoms with van der Waals surface area (Å²) in [5.74, 6) is 0.223. The molecule has 1 aromatic carbocycles. The van der Waals surface area contributed by atoms with Gasteiger partial charge in [0.15, 0.2) is 0 Å². The fourth-order valence-corrected chi connectivity index (χ4v) is 3.20. The number of fused-ring (bicyclic) bond motifs is 1. The van der Waals surface area contributed by atoms with Crippen molar-refractivity contribution in [3.05, 3.63) is 35.4 Å². The third-order valence-electron chi connectivity index (χ3n) is 4.26. The molecular weight excluding hydrogens is 236 g/mol. The molecule has 1 saturated heterocycles. The summed E-state index contributed by atoms with van der Waals surface area (Å²) in [6.45, 7) is 2.86. The van der Waals surface area contributed by atoms with E-state index in [4.69, 9.17) is 0 Å². The van der Waals surface area contributed by atoms with Gasteiger partial charge >= 0.3 is 0 Å². The molecule has 3 heteroatoms. The highest BCUT2D eigenvalue weighted by atomic mass is 16.2. The lowest BCUT2D eigenvalue weighted by Crippen LogP contribution is -2.45. The zero-order valence-electron chi connectivity index (χ0n) is 11.4. The monoisotopic (exact) mass is 258 g/mol. The van der Waals surface area contributed by atoms with Gasteiger partial charge < -0.3 is 10.2 Å². The van der Waals surface area contributed by atoms with Crippen LogP contribution in [-0.4, -0.2) is 36.5 Å². The average molecular weight is 258 g/mol. The Balaban J connectivity index is 1.74. The molecule has 0 aromatic heterocycles. The van der Waals surface area contributed by atoms with Gasteiger partial charge in [0.1, 0.15) is 0 Å². The largest absolute Gasteiger partial charge is 0.337 e. The van der Waals surface area contributed by atoms with Crippen molar-refractivity contribution in [1.29, 1.82) is 0 Å². The molecule has 3 nitrogen and oxygen atoms in total. The van der Waals surface area contributed by atoms with Crippen LogP contribution in [0.4, 0.5) is 0 Å². The topological polar surface area (TPSA) is 32.3 Å². The average Bonchev–Trinajstić information content (AvgIpc) is 2.61. The van der Waals surface area contributed by atoms with Gasteiger partial charge in [0.25, 0.3) is 5.91 Å². The lowest BCUT2D eigenvalue weighted by Gasteiger charge is -2.30. The van der Waals surface area contributed by atoms with E-state index < -0.39 is 0 Å². The summed E-state index contributed by atoms with van der Waals surface area (Å²) in [4.78, 5) is 14.7. The van der Waals surface area contributed by atoms with Crippen LogP contribution in [0.3, 0.4) is 0 Å². The first-order valence-electron chi connectivity index (χ1n) is 7.45. The maximum atomic E-state index is 12.6. The molecule has 1 N–H and O–H groups in total. The molecule has 0 radical (unpaired) electrons. The van der Waals surface area contributed by atoms with E-state index in [1.807, 2.05) is 18.2 Å². The van der Waals surface area contributed by atoms with Crippen molar-refractivity contribution < 1.29 is 4.79 Å². The summed E-state index contributed by atoms with van der Waals surface area (Å²) in [5.41, 5.74) is 2.13. The lowest BCUT2D eigenvalue weighted by molar-refractivity contribution is 0.0737. The van der Waals surface area contributed by atoms with Crippen molar-refractivity contribution in [3.8, 4) is 0 Å². The molecule has 0 aliphatic carbocycles. The number of hydrogen-bond acceptors (Lipinski definition) is 2. The van der Waals surface area contributed by atoms with Gasteiger partial charge in [-0.15, -0.1) is 0 Å². The minimum atomic E-state index is 0.223. The van der Waals surface area contributed by atoms with Crippen LogP contribution >= 0.6 is 0 Å². The molecule has 3 rings (SSSR count). The Bertz CT molecular complexity index is 452. The predicted molar refractivity (Wildman–Crippen MR) is 76.3 cm³/mol. The van der Waals surface area contributed by atoms with Crippen molar-refractivity contribution in [3.63, 3.8) is 0 Å². The molecule has 2 aliphatic heterocycles. The normalized spacial score (nSPS) is 23.9. The van der Waals surface area contributed by atoms with E-state index >= 15 is 0 Å². The molecule has 19 heavy (non-hydrogen) atoms. The highest BCUT2D eigenvalue weighted by Crippen LogP contribution is 2.19. The quantitative estimate of drug-likeness (QED) is 0.882.